The second-order valence-corrected chi connectivity index (χ2v) is 14.8. The summed E-state index contributed by atoms with van der Waals surface area (Å²) in [7, 11) is 3.40. The van der Waals surface area contributed by atoms with Crippen LogP contribution >= 0.6 is 0 Å². The summed E-state index contributed by atoms with van der Waals surface area (Å²) in [5.74, 6) is 5.02. The third-order valence-electron chi connectivity index (χ3n) is 11.0. The van der Waals surface area contributed by atoms with Crippen LogP contribution in [0.2, 0.25) is 0 Å². The van der Waals surface area contributed by atoms with Crippen LogP contribution in [0.15, 0.2) is 4.79 Å². The highest BCUT2D eigenvalue weighted by Gasteiger charge is 2.68. The number of carbonyl (C=O) groups excluding carboxylic acids is 3. The highest BCUT2D eigenvalue weighted by atomic mass is 16.6. The average Bonchev–Trinajstić information content (AvgIpc) is 3.45. The molecule has 1 amide bonds. The summed E-state index contributed by atoms with van der Waals surface area (Å²) in [6, 6.07) is 0. The lowest BCUT2D eigenvalue weighted by atomic mass is 9.70. The van der Waals surface area contributed by atoms with Crippen LogP contribution in [-0.4, -0.2) is 51.9 Å². The second kappa shape index (κ2) is 10.6. The zero-order valence-electron chi connectivity index (χ0n) is 27.2. The molecule has 4 bridgehead atoms. The normalized spacial score (nSPS) is 31.4. The van der Waals surface area contributed by atoms with Gasteiger partial charge in [-0.2, -0.15) is 0 Å². The van der Waals surface area contributed by atoms with Crippen LogP contribution in [0, 0.1) is 28.1 Å². The van der Waals surface area contributed by atoms with Gasteiger partial charge in [0.05, 0.1) is 6.61 Å². The molecule has 10 heteroatoms. The number of aromatic amines is 1. The Hall–Kier alpha value is -2.62. The summed E-state index contributed by atoms with van der Waals surface area (Å²) in [4.78, 5) is 46.8. The fourth-order valence-corrected chi connectivity index (χ4v) is 7.90. The fourth-order valence-electron chi connectivity index (χ4n) is 7.90. The Bertz CT molecular complexity index is 1250. The van der Waals surface area contributed by atoms with Crippen molar-refractivity contribution in [3.8, 4) is 0 Å². The van der Waals surface area contributed by atoms with Crippen LogP contribution in [0.1, 0.15) is 112 Å². The van der Waals surface area contributed by atoms with Gasteiger partial charge in [-0.25, -0.2) is 15.6 Å². The molecule has 0 aliphatic heterocycles. The third-order valence-corrected chi connectivity index (χ3v) is 11.0. The van der Waals surface area contributed by atoms with Gasteiger partial charge in [-0.1, -0.05) is 41.5 Å². The van der Waals surface area contributed by atoms with Crippen LogP contribution in [-0.2, 0) is 31.5 Å². The number of aryl methyl sites for hydroxylation is 1. The van der Waals surface area contributed by atoms with E-state index in [1.165, 1.54) is 25.6 Å². The highest BCUT2D eigenvalue weighted by Crippen LogP contribution is 2.67. The Morgan fingerprint density at radius 3 is 2.00 bits per heavy atom. The number of Topliss-reactive ketones (excluding diaryl/α,β-unsaturated/α-hetero) is 1. The first-order valence-corrected chi connectivity index (χ1v) is 14.8. The van der Waals surface area contributed by atoms with Crippen LogP contribution < -0.4 is 11.4 Å². The smallest absolute Gasteiger partial charge is 0.424 e. The van der Waals surface area contributed by atoms with E-state index in [9.17, 15) is 19.2 Å². The van der Waals surface area contributed by atoms with Crippen LogP contribution in [0.25, 0.3) is 0 Å². The molecule has 1 heterocycles. The molecule has 1 unspecified atom stereocenters. The first-order chi connectivity index (χ1) is 18.6. The molecule has 0 radical (unpaired) electrons. The first kappa shape index (κ1) is 32.9. The van der Waals surface area contributed by atoms with Crippen molar-refractivity contribution < 1.29 is 23.9 Å². The molecule has 4 aliphatic rings. The van der Waals surface area contributed by atoms with Crippen molar-refractivity contribution in [2.24, 2.45) is 41.0 Å². The van der Waals surface area contributed by atoms with E-state index in [4.69, 9.17) is 15.3 Å². The number of H-pyrrole nitrogens is 1. The molecule has 232 valence electrons. The molecular formula is C31H52N4O6. The number of carbonyl (C=O) groups is 3. The fraction of sp³-hybridized carbons (Fsp3) is 0.806. The van der Waals surface area contributed by atoms with E-state index in [-0.39, 0.29) is 44.9 Å². The van der Waals surface area contributed by atoms with E-state index in [2.05, 4.69) is 39.7 Å². The summed E-state index contributed by atoms with van der Waals surface area (Å²) in [5.41, 5.74) is 2.02. The number of esters is 1. The number of hydrogen-bond acceptors (Lipinski definition) is 7. The second-order valence-electron chi connectivity index (χ2n) is 14.8. The minimum Gasteiger partial charge on any atom is -0.465 e. The molecule has 41 heavy (non-hydrogen) atoms. The number of nitrogens with one attached hydrogen (secondary N) is 1. The molecule has 3 fully saturated rings. The summed E-state index contributed by atoms with van der Waals surface area (Å²) in [6.45, 7) is 20.7. The van der Waals surface area contributed by atoms with Gasteiger partial charge in [-0.05, 0) is 76.0 Å². The first-order valence-electron chi connectivity index (χ1n) is 14.8. The molecule has 3 N–H and O–H groups in total. The topological polar surface area (TPSA) is 137 Å². The minimum atomic E-state index is -0.521. The SMILES string of the molecule is CCOC(=O)C1C(=O)[C@]2(C)CC[C@H]1C2(C)C.CN(N)C(=O)OC(C)(C)C.Cn1[nH]c(=O)c2c1[C@]1(C)CC[C@H]2C1(C)C. The maximum Gasteiger partial charge on any atom is 0.424 e. The molecule has 1 aromatic heterocycles. The predicted octanol–water partition coefficient (Wildman–Crippen LogP) is 4.81. The Kier molecular flexibility index (Phi) is 8.49. The van der Waals surface area contributed by atoms with E-state index in [1.54, 1.807) is 27.7 Å². The summed E-state index contributed by atoms with van der Waals surface area (Å²) in [5, 5.41) is 3.81. The van der Waals surface area contributed by atoms with Gasteiger partial charge in [0.15, 0.2) is 5.78 Å². The largest absolute Gasteiger partial charge is 0.465 e. The van der Waals surface area contributed by atoms with Crippen molar-refractivity contribution in [2.45, 2.75) is 112 Å². The van der Waals surface area contributed by atoms with E-state index < -0.39 is 17.6 Å². The van der Waals surface area contributed by atoms with E-state index in [0.29, 0.717) is 12.5 Å². The maximum atomic E-state index is 12.3. The number of nitrogens with zero attached hydrogens (tertiary/aromatic N) is 2. The zero-order chi connectivity index (χ0) is 31.5. The maximum absolute atomic E-state index is 12.3. The quantitative estimate of drug-likeness (QED) is 0.170. The van der Waals surface area contributed by atoms with E-state index in [1.807, 2.05) is 18.7 Å². The molecule has 3 saturated carbocycles. The van der Waals surface area contributed by atoms with Gasteiger partial charge in [-0.15, -0.1) is 0 Å². The number of nitrogens with two attached hydrogens (primary N) is 1. The van der Waals surface area contributed by atoms with Crippen molar-refractivity contribution in [3.05, 3.63) is 21.6 Å². The Morgan fingerprint density at radius 2 is 1.59 bits per heavy atom. The minimum absolute atomic E-state index is 0.0679. The Labute approximate surface area is 244 Å². The number of ketones is 1. The number of hydrogen-bond donors (Lipinski definition) is 2. The van der Waals surface area contributed by atoms with Gasteiger partial charge in [0.25, 0.3) is 5.56 Å². The molecular weight excluding hydrogens is 524 g/mol. The van der Waals surface area contributed by atoms with Gasteiger partial charge in [0.2, 0.25) is 0 Å². The van der Waals surface area contributed by atoms with Crippen molar-refractivity contribution in [3.63, 3.8) is 0 Å². The predicted molar refractivity (Wildman–Crippen MR) is 157 cm³/mol. The van der Waals surface area contributed by atoms with Gasteiger partial charge < -0.3 is 9.47 Å². The summed E-state index contributed by atoms with van der Waals surface area (Å²) in [6.07, 6.45) is 3.75. The monoisotopic (exact) mass is 576 g/mol. The standard InChI is InChI=1S/C13H20O3.C12H18N2O.C6H14N2O2/c1-5-16-11(15)9-8-6-7-13(4,10(9)14)12(8,2)3;1-11(2)7-5-6-12(11,3)9-8(7)10(15)13-14(9)4;1-6(2,3)10-5(9)8(4)7/h8-9H,5-7H2,1-4H3;7H,5-6H2,1-4H3,(H,13,15);7H2,1-4H3/t8-,9?,13+;7-,12+;/m11./s1. The lowest BCUT2D eigenvalue weighted by Gasteiger charge is -2.35. The molecule has 4 aliphatic carbocycles. The molecule has 0 spiro atoms. The van der Waals surface area contributed by atoms with E-state index >= 15 is 0 Å². The number of rotatable bonds is 2. The Morgan fingerprint density at radius 1 is 1.02 bits per heavy atom. The molecule has 0 aromatic carbocycles. The number of hydrazine groups is 1. The van der Waals surface area contributed by atoms with Gasteiger partial charge in [0.1, 0.15) is 11.5 Å². The van der Waals surface area contributed by atoms with Crippen molar-refractivity contribution in [1.82, 2.24) is 14.8 Å². The average molecular weight is 577 g/mol. The van der Waals surface area contributed by atoms with Gasteiger partial charge >= 0.3 is 12.1 Å². The summed E-state index contributed by atoms with van der Waals surface area (Å²) < 4.78 is 11.8. The van der Waals surface area contributed by atoms with Gasteiger partial charge in [-0.3, -0.25) is 24.2 Å². The van der Waals surface area contributed by atoms with Gasteiger partial charge in [0, 0.05) is 36.2 Å². The molecule has 10 nitrogen and oxygen atoms in total. The molecule has 0 saturated heterocycles. The van der Waals surface area contributed by atoms with E-state index in [0.717, 1.165) is 23.4 Å². The molecule has 1 aromatic rings. The molecule has 5 rings (SSSR count). The number of fused-ring (bicyclic) bond motifs is 7. The van der Waals surface area contributed by atoms with Crippen LogP contribution in [0.4, 0.5) is 4.79 Å². The third kappa shape index (κ3) is 5.14. The molecule has 5 atom stereocenters. The number of aromatic nitrogens is 2. The lowest BCUT2D eigenvalue weighted by molar-refractivity contribution is -0.154. The number of ether oxygens (including phenoxy) is 2. The lowest BCUT2D eigenvalue weighted by Crippen LogP contribution is -2.38. The highest BCUT2D eigenvalue weighted by molar-refractivity contribution is 6.05. The van der Waals surface area contributed by atoms with Crippen molar-refractivity contribution in [1.29, 1.82) is 0 Å². The number of amides is 1. The van der Waals surface area contributed by atoms with Crippen LogP contribution in [0.3, 0.4) is 0 Å². The van der Waals surface area contributed by atoms with Crippen LogP contribution in [0.5, 0.6) is 0 Å². The summed E-state index contributed by atoms with van der Waals surface area (Å²) >= 11 is 0. The Balaban J connectivity index is 0.000000175. The van der Waals surface area contributed by atoms with Crippen molar-refractivity contribution >= 4 is 17.8 Å². The zero-order valence-corrected chi connectivity index (χ0v) is 27.2. The van der Waals surface area contributed by atoms with Crippen molar-refractivity contribution in [2.75, 3.05) is 13.7 Å².